The molecule has 3 heterocycles. The molecular weight excluding hydrogens is 592 g/mol. The number of pyridine rings is 1. The number of nitro groups is 1. The number of aromatic nitrogens is 2. The molecule has 12 nitrogen and oxygen atoms in total. The van der Waals surface area contributed by atoms with Crippen LogP contribution in [0.4, 0.5) is 17.1 Å². The van der Waals surface area contributed by atoms with Crippen LogP contribution in [0.15, 0.2) is 66.9 Å². The van der Waals surface area contributed by atoms with E-state index in [4.69, 9.17) is 21.7 Å². The number of ether oxygens (including phenoxy) is 2. The Morgan fingerprint density at radius 1 is 1.05 bits per heavy atom. The van der Waals surface area contributed by atoms with E-state index in [1.165, 1.54) is 26.4 Å². The van der Waals surface area contributed by atoms with Gasteiger partial charge in [-0.05, 0) is 74.1 Å². The molecule has 1 fully saturated rings. The summed E-state index contributed by atoms with van der Waals surface area (Å²) in [5, 5.41) is 15.3. The molecule has 1 aliphatic rings. The molecule has 2 aromatic carbocycles. The van der Waals surface area contributed by atoms with Crippen molar-refractivity contribution >= 4 is 44.4 Å². The van der Waals surface area contributed by atoms with Crippen LogP contribution >= 0.6 is 12.2 Å². The van der Waals surface area contributed by atoms with E-state index in [-0.39, 0.29) is 17.4 Å². The molecule has 1 saturated heterocycles. The van der Waals surface area contributed by atoms with Gasteiger partial charge in [-0.2, -0.15) is 0 Å². The number of sulfonamides is 1. The zero-order valence-electron chi connectivity index (χ0n) is 24.1. The van der Waals surface area contributed by atoms with E-state index in [1.807, 2.05) is 53.6 Å². The molecule has 0 aliphatic carbocycles. The Morgan fingerprint density at radius 3 is 2.42 bits per heavy atom. The molecule has 4 aromatic rings. The fraction of sp³-hybridized carbons (Fsp3) is 0.241. The van der Waals surface area contributed by atoms with Gasteiger partial charge in [0.25, 0.3) is 5.69 Å². The summed E-state index contributed by atoms with van der Waals surface area (Å²) in [4.78, 5) is 17.5. The van der Waals surface area contributed by atoms with Crippen molar-refractivity contribution in [1.82, 2.24) is 14.9 Å². The highest BCUT2D eigenvalue weighted by atomic mass is 32.2. The van der Waals surface area contributed by atoms with Crippen LogP contribution in [-0.2, 0) is 10.0 Å². The lowest BCUT2D eigenvalue weighted by Gasteiger charge is -2.29. The monoisotopic (exact) mass is 622 g/mol. The van der Waals surface area contributed by atoms with Crippen LogP contribution in [-0.4, -0.2) is 48.5 Å². The second-order valence-corrected chi connectivity index (χ2v) is 12.2. The first-order chi connectivity index (χ1) is 20.4. The average molecular weight is 623 g/mol. The topological polar surface area (TPSA) is 141 Å². The quantitative estimate of drug-likeness (QED) is 0.149. The van der Waals surface area contributed by atoms with Crippen LogP contribution in [0.1, 0.15) is 34.7 Å². The third-order valence-electron chi connectivity index (χ3n) is 7.26. The van der Waals surface area contributed by atoms with Gasteiger partial charge in [-0.1, -0.05) is 6.07 Å². The fourth-order valence-electron chi connectivity index (χ4n) is 5.50. The zero-order chi connectivity index (χ0) is 31.1. The predicted octanol–water partition coefficient (Wildman–Crippen LogP) is 4.96. The van der Waals surface area contributed by atoms with Crippen LogP contribution < -0.4 is 24.4 Å². The highest BCUT2D eigenvalue weighted by Crippen LogP contribution is 2.45. The Labute approximate surface area is 254 Å². The summed E-state index contributed by atoms with van der Waals surface area (Å²) >= 11 is 5.87. The molecule has 5 rings (SSSR count). The minimum absolute atomic E-state index is 0.0759. The van der Waals surface area contributed by atoms with Gasteiger partial charge in [0.1, 0.15) is 11.5 Å². The third kappa shape index (κ3) is 5.70. The Bertz CT molecular complexity index is 1830. The van der Waals surface area contributed by atoms with Gasteiger partial charge in [-0.25, -0.2) is 8.42 Å². The largest absolute Gasteiger partial charge is 0.495 e. The molecule has 0 spiro atoms. The minimum Gasteiger partial charge on any atom is -0.495 e. The lowest BCUT2D eigenvalue weighted by Crippen LogP contribution is -2.29. The number of nitro benzene ring substituents is 1. The number of rotatable bonds is 9. The third-order valence-corrected chi connectivity index (χ3v) is 8.16. The van der Waals surface area contributed by atoms with E-state index >= 15 is 0 Å². The van der Waals surface area contributed by atoms with Crippen LogP contribution in [0, 0.1) is 24.0 Å². The molecule has 0 amide bonds. The molecule has 14 heteroatoms. The average Bonchev–Trinajstić information content (AvgIpc) is 3.46. The second-order valence-electron chi connectivity index (χ2n) is 10.0. The van der Waals surface area contributed by atoms with Gasteiger partial charge in [0.15, 0.2) is 5.11 Å². The van der Waals surface area contributed by atoms with Crippen molar-refractivity contribution in [3.8, 4) is 17.2 Å². The number of non-ortho nitro benzene ring substituents is 1. The Morgan fingerprint density at radius 2 is 1.79 bits per heavy atom. The zero-order valence-corrected chi connectivity index (χ0v) is 25.7. The molecule has 224 valence electrons. The number of thiocarbonyl (C=S) groups is 1. The second kappa shape index (κ2) is 11.5. The Hall–Kier alpha value is -4.69. The highest BCUT2D eigenvalue weighted by Gasteiger charge is 2.42. The lowest BCUT2D eigenvalue weighted by molar-refractivity contribution is -0.384. The van der Waals surface area contributed by atoms with Crippen LogP contribution in [0.3, 0.4) is 0 Å². The number of anilines is 2. The summed E-state index contributed by atoms with van der Waals surface area (Å²) in [6, 6.07) is 16.6. The summed E-state index contributed by atoms with van der Waals surface area (Å²) in [7, 11) is -0.664. The summed E-state index contributed by atoms with van der Waals surface area (Å²) in [6.45, 7) is 3.91. The predicted molar refractivity (Wildman–Crippen MR) is 168 cm³/mol. The number of nitrogens with zero attached hydrogens (tertiary/aromatic N) is 4. The molecule has 0 saturated carbocycles. The van der Waals surface area contributed by atoms with Crippen molar-refractivity contribution in [2.75, 3.05) is 30.1 Å². The first kappa shape index (κ1) is 29.8. The van der Waals surface area contributed by atoms with Crippen molar-refractivity contribution in [3.63, 3.8) is 0 Å². The normalized spacial score (nSPS) is 16.6. The van der Waals surface area contributed by atoms with E-state index in [1.54, 1.807) is 24.4 Å². The van der Waals surface area contributed by atoms with Gasteiger partial charge in [0.2, 0.25) is 10.0 Å². The number of hydrogen-bond acceptors (Lipinski definition) is 8. The first-order valence-corrected chi connectivity index (χ1v) is 15.4. The summed E-state index contributed by atoms with van der Waals surface area (Å²) < 4.78 is 39.8. The van der Waals surface area contributed by atoms with Crippen LogP contribution in [0.5, 0.6) is 11.5 Å². The molecule has 43 heavy (non-hydrogen) atoms. The fourth-order valence-corrected chi connectivity index (χ4v) is 6.40. The number of hydrogen-bond donors (Lipinski definition) is 2. The van der Waals surface area contributed by atoms with Gasteiger partial charge < -0.3 is 24.3 Å². The Kier molecular flexibility index (Phi) is 7.99. The van der Waals surface area contributed by atoms with E-state index in [9.17, 15) is 18.5 Å². The molecule has 0 unspecified atom stereocenters. The molecule has 0 radical (unpaired) electrons. The SMILES string of the molecule is COc1ccc(N2C(=S)N[C@@H](c3ccccn3)[C@H]2c2cc(C)n(-c3ccc([N+](=O)[O-])cc3OC)c2C)cc1NS(C)(=O)=O. The van der Waals surface area contributed by atoms with Crippen LogP contribution in [0.2, 0.25) is 0 Å². The van der Waals surface area contributed by atoms with Crippen molar-refractivity contribution in [2.24, 2.45) is 0 Å². The first-order valence-electron chi connectivity index (χ1n) is 13.1. The molecule has 0 bridgehead atoms. The standard InChI is InChI=1S/C29H30N6O6S2/c1-17-14-21(18(2)33(17)24-11-9-20(35(36)37)16-26(24)41-4)28-27(22-8-6-7-13-30-22)31-29(42)34(28)19-10-12-25(40-3)23(15-19)32-43(5,38)39/h6-16,27-28,32H,1-5H3,(H,31,42)/t27-,28+/m0/s1. The van der Waals surface area contributed by atoms with Crippen molar-refractivity contribution in [2.45, 2.75) is 25.9 Å². The van der Waals surface area contributed by atoms with E-state index in [0.717, 1.165) is 28.9 Å². The lowest BCUT2D eigenvalue weighted by atomic mass is 9.96. The number of nitrogens with one attached hydrogen (secondary N) is 2. The number of aryl methyl sites for hydroxylation is 1. The smallest absolute Gasteiger partial charge is 0.273 e. The van der Waals surface area contributed by atoms with E-state index in [0.29, 0.717) is 28.0 Å². The van der Waals surface area contributed by atoms with Gasteiger partial charge >= 0.3 is 0 Å². The van der Waals surface area contributed by atoms with Crippen molar-refractivity contribution in [1.29, 1.82) is 0 Å². The summed E-state index contributed by atoms with van der Waals surface area (Å²) in [5.41, 5.74) is 4.87. The van der Waals surface area contributed by atoms with Crippen molar-refractivity contribution in [3.05, 3.63) is 99.6 Å². The van der Waals surface area contributed by atoms with E-state index in [2.05, 4.69) is 15.0 Å². The molecular formula is C29H30N6O6S2. The maximum atomic E-state index is 12.1. The maximum Gasteiger partial charge on any atom is 0.273 e. The van der Waals surface area contributed by atoms with Gasteiger partial charge in [-0.3, -0.25) is 19.8 Å². The van der Waals surface area contributed by atoms with Crippen LogP contribution in [0.25, 0.3) is 5.69 Å². The van der Waals surface area contributed by atoms with Gasteiger partial charge in [-0.15, -0.1) is 0 Å². The minimum atomic E-state index is -3.60. The molecule has 1 aliphatic heterocycles. The summed E-state index contributed by atoms with van der Waals surface area (Å²) in [6.07, 6.45) is 2.79. The molecule has 2 N–H and O–H groups in total. The van der Waals surface area contributed by atoms with Gasteiger partial charge in [0.05, 0.1) is 60.6 Å². The summed E-state index contributed by atoms with van der Waals surface area (Å²) in [5.74, 6) is 0.709. The van der Waals surface area contributed by atoms with E-state index < -0.39 is 21.0 Å². The molecule has 2 atom stereocenters. The number of methoxy groups -OCH3 is 2. The van der Waals surface area contributed by atoms with Crippen molar-refractivity contribution < 1.29 is 22.8 Å². The number of benzene rings is 2. The Balaban J connectivity index is 1.70. The molecule has 2 aromatic heterocycles. The highest BCUT2D eigenvalue weighted by molar-refractivity contribution is 7.92. The van der Waals surface area contributed by atoms with Gasteiger partial charge in [0, 0.05) is 29.3 Å². The maximum absolute atomic E-state index is 12.1.